The lowest BCUT2D eigenvalue weighted by atomic mass is 9.90. The van der Waals surface area contributed by atoms with Gasteiger partial charge in [-0.05, 0) is 5.56 Å². The van der Waals surface area contributed by atoms with Crippen LogP contribution in [0.3, 0.4) is 0 Å². The average Bonchev–Trinajstić information content (AvgIpc) is 2.71. The topological polar surface area (TPSA) is 64.6 Å². The molecular weight excluding hydrogens is 352 g/mol. The van der Waals surface area contributed by atoms with Gasteiger partial charge in [-0.1, -0.05) is 30.3 Å². The minimum absolute atomic E-state index is 0.194. The first-order valence-electron chi connectivity index (χ1n) is 9.47. The first kappa shape index (κ1) is 20.7. The Bertz CT molecular complexity index is 512. The van der Waals surface area contributed by atoms with E-state index in [0.29, 0.717) is 72.7 Å². The largest absolute Gasteiger partial charge is 0.378 e. The van der Waals surface area contributed by atoms with Crippen LogP contribution >= 0.6 is 0 Å². The second-order valence-corrected chi connectivity index (χ2v) is 7.04. The Morgan fingerprint density at radius 2 is 1.26 bits per heavy atom. The van der Waals surface area contributed by atoms with Crippen LogP contribution in [0.15, 0.2) is 30.3 Å². The molecule has 0 unspecified atom stereocenters. The molecule has 0 spiro atoms. The molecule has 0 saturated carbocycles. The normalized spacial score (nSPS) is 27.1. The minimum atomic E-state index is -0.864. The molecular formula is C20H30O7. The second-order valence-electron chi connectivity index (χ2n) is 7.04. The van der Waals surface area contributed by atoms with Crippen LogP contribution in [-0.2, 0) is 39.8 Å². The molecule has 152 valence electrons. The number of benzene rings is 1. The van der Waals surface area contributed by atoms with Gasteiger partial charge in [0, 0.05) is 6.92 Å². The number of ether oxygens (including phenoxy) is 7. The summed E-state index contributed by atoms with van der Waals surface area (Å²) in [6, 6.07) is 10.1. The Balaban J connectivity index is 1.09. The molecule has 0 aromatic heterocycles. The van der Waals surface area contributed by atoms with Crippen molar-refractivity contribution < 1.29 is 33.2 Å². The fraction of sp³-hybridized carbons (Fsp3) is 0.700. The molecule has 1 aromatic carbocycles. The Hall–Kier alpha value is -1.06. The highest BCUT2D eigenvalue weighted by atomic mass is 16.9. The molecule has 4 rings (SSSR count). The molecule has 2 bridgehead atoms. The van der Waals surface area contributed by atoms with Crippen LogP contribution in [0.1, 0.15) is 12.5 Å². The van der Waals surface area contributed by atoms with Crippen LogP contribution in [-0.4, -0.2) is 72.0 Å². The van der Waals surface area contributed by atoms with Gasteiger partial charge in [-0.25, -0.2) is 0 Å². The lowest BCUT2D eigenvalue weighted by Crippen LogP contribution is -2.60. The van der Waals surface area contributed by atoms with Crippen molar-refractivity contribution in [3.8, 4) is 0 Å². The summed E-state index contributed by atoms with van der Waals surface area (Å²) < 4.78 is 38.9. The zero-order chi connectivity index (χ0) is 18.8. The van der Waals surface area contributed by atoms with Crippen molar-refractivity contribution in [3.05, 3.63) is 35.9 Å². The van der Waals surface area contributed by atoms with E-state index >= 15 is 0 Å². The Labute approximate surface area is 160 Å². The van der Waals surface area contributed by atoms with Gasteiger partial charge in [0.1, 0.15) is 0 Å². The molecule has 3 heterocycles. The zero-order valence-electron chi connectivity index (χ0n) is 16.0. The maximum absolute atomic E-state index is 5.70. The Morgan fingerprint density at radius 1 is 0.741 bits per heavy atom. The van der Waals surface area contributed by atoms with Crippen LogP contribution in [0, 0.1) is 5.41 Å². The van der Waals surface area contributed by atoms with E-state index in [4.69, 9.17) is 33.2 Å². The van der Waals surface area contributed by atoms with Crippen LogP contribution in [0.25, 0.3) is 0 Å². The predicted octanol–water partition coefficient (Wildman–Crippen LogP) is 1.99. The van der Waals surface area contributed by atoms with Crippen LogP contribution < -0.4 is 0 Å². The fourth-order valence-electron chi connectivity index (χ4n) is 2.84. The fourth-order valence-corrected chi connectivity index (χ4v) is 2.84. The first-order chi connectivity index (χ1) is 13.2. The third-order valence-corrected chi connectivity index (χ3v) is 4.56. The summed E-state index contributed by atoms with van der Waals surface area (Å²) in [5, 5.41) is 0. The van der Waals surface area contributed by atoms with Crippen LogP contribution in [0.5, 0.6) is 0 Å². The summed E-state index contributed by atoms with van der Waals surface area (Å²) in [5.74, 6) is -0.864. The summed E-state index contributed by atoms with van der Waals surface area (Å²) in [4.78, 5) is 0. The quantitative estimate of drug-likeness (QED) is 0.484. The first-order valence-corrected chi connectivity index (χ1v) is 9.47. The van der Waals surface area contributed by atoms with Gasteiger partial charge in [0.25, 0.3) is 5.97 Å². The van der Waals surface area contributed by atoms with Gasteiger partial charge in [0.05, 0.1) is 78.1 Å². The van der Waals surface area contributed by atoms with Crippen LogP contribution in [0.4, 0.5) is 0 Å². The van der Waals surface area contributed by atoms with Crippen LogP contribution in [0.2, 0.25) is 0 Å². The third kappa shape index (κ3) is 6.80. The molecule has 1 aromatic rings. The maximum atomic E-state index is 5.70. The number of fused-ring (bicyclic) bond motifs is 3. The SMILES string of the molecule is CC12OCC(COCCOCCOCCOCc3ccccc3)(CO1)CO2. The van der Waals surface area contributed by atoms with E-state index in [2.05, 4.69) is 0 Å². The second kappa shape index (κ2) is 10.5. The molecule has 0 radical (unpaired) electrons. The van der Waals surface area contributed by atoms with E-state index < -0.39 is 5.97 Å². The third-order valence-electron chi connectivity index (χ3n) is 4.56. The molecule has 7 nitrogen and oxygen atoms in total. The van der Waals surface area contributed by atoms with E-state index in [1.54, 1.807) is 6.92 Å². The molecule has 0 N–H and O–H groups in total. The predicted molar refractivity (Wildman–Crippen MR) is 97.2 cm³/mol. The molecule has 0 amide bonds. The maximum Gasteiger partial charge on any atom is 0.279 e. The average molecular weight is 382 g/mol. The van der Waals surface area contributed by atoms with Gasteiger partial charge in [-0.2, -0.15) is 0 Å². The van der Waals surface area contributed by atoms with E-state index in [-0.39, 0.29) is 5.41 Å². The molecule has 3 aliphatic rings. The lowest BCUT2D eigenvalue weighted by molar-refractivity contribution is -0.462. The number of hydrogen-bond acceptors (Lipinski definition) is 7. The van der Waals surface area contributed by atoms with Crippen molar-refractivity contribution in [1.82, 2.24) is 0 Å². The number of hydrogen-bond donors (Lipinski definition) is 0. The summed E-state index contributed by atoms with van der Waals surface area (Å²) in [5.41, 5.74) is 0.973. The van der Waals surface area contributed by atoms with Gasteiger partial charge < -0.3 is 33.2 Å². The molecule has 0 aliphatic carbocycles. The summed E-state index contributed by atoms with van der Waals surface area (Å²) >= 11 is 0. The molecule has 0 atom stereocenters. The van der Waals surface area contributed by atoms with Gasteiger partial charge in [-0.3, -0.25) is 0 Å². The van der Waals surface area contributed by atoms with Gasteiger partial charge >= 0.3 is 0 Å². The molecule has 7 heteroatoms. The molecule has 3 aliphatic heterocycles. The summed E-state index contributed by atoms with van der Waals surface area (Å²) in [7, 11) is 0. The van der Waals surface area contributed by atoms with Gasteiger partial charge in [0.15, 0.2) is 0 Å². The Morgan fingerprint density at radius 3 is 1.85 bits per heavy atom. The monoisotopic (exact) mass is 382 g/mol. The molecule has 27 heavy (non-hydrogen) atoms. The summed E-state index contributed by atoms with van der Waals surface area (Å²) in [6.07, 6.45) is 0. The van der Waals surface area contributed by atoms with Gasteiger partial charge in [0.2, 0.25) is 0 Å². The van der Waals surface area contributed by atoms with Crippen molar-refractivity contribution in [2.24, 2.45) is 5.41 Å². The zero-order valence-corrected chi connectivity index (χ0v) is 16.0. The van der Waals surface area contributed by atoms with E-state index in [1.807, 2.05) is 30.3 Å². The standard InChI is InChI=1S/C20H30O7/c1-19-25-15-20(16-26-19,17-27-19)14-24-12-10-22-8-7-21-9-11-23-13-18-5-3-2-4-6-18/h2-6H,7-17H2,1H3. The number of rotatable bonds is 13. The van der Waals surface area contributed by atoms with Crippen molar-refractivity contribution in [3.63, 3.8) is 0 Å². The summed E-state index contributed by atoms with van der Waals surface area (Å²) in [6.45, 7) is 8.04. The van der Waals surface area contributed by atoms with Crippen molar-refractivity contribution in [2.45, 2.75) is 19.5 Å². The van der Waals surface area contributed by atoms with E-state index in [0.717, 1.165) is 0 Å². The molecule has 3 saturated heterocycles. The highest BCUT2D eigenvalue weighted by molar-refractivity contribution is 5.13. The molecule has 3 fully saturated rings. The Kier molecular flexibility index (Phi) is 8.02. The van der Waals surface area contributed by atoms with E-state index in [9.17, 15) is 0 Å². The van der Waals surface area contributed by atoms with Crippen molar-refractivity contribution in [1.29, 1.82) is 0 Å². The highest BCUT2D eigenvalue weighted by Crippen LogP contribution is 2.38. The van der Waals surface area contributed by atoms with E-state index in [1.165, 1.54) is 5.56 Å². The lowest BCUT2D eigenvalue weighted by Gasteiger charge is -2.50. The van der Waals surface area contributed by atoms with Gasteiger partial charge in [-0.15, -0.1) is 0 Å². The highest BCUT2D eigenvalue weighted by Gasteiger charge is 2.50. The van der Waals surface area contributed by atoms with Crippen molar-refractivity contribution >= 4 is 0 Å². The smallest absolute Gasteiger partial charge is 0.279 e. The van der Waals surface area contributed by atoms with Crippen molar-refractivity contribution in [2.75, 3.05) is 66.1 Å². The minimum Gasteiger partial charge on any atom is -0.378 e.